The molecule has 2 aromatic carbocycles. The van der Waals surface area contributed by atoms with Crippen LogP contribution >= 0.6 is 0 Å². The molecule has 150 valence electrons. The van der Waals surface area contributed by atoms with E-state index in [0.717, 1.165) is 62.1 Å². The molecule has 1 fully saturated rings. The molecule has 1 aliphatic heterocycles. The number of aliphatic hydroxyl groups is 1. The molecular weight excluding hydrogens is 362 g/mol. The van der Waals surface area contributed by atoms with Crippen molar-refractivity contribution in [1.82, 2.24) is 14.9 Å². The zero-order chi connectivity index (χ0) is 19.7. The summed E-state index contributed by atoms with van der Waals surface area (Å²) in [7, 11) is 0. The lowest BCUT2D eigenvalue weighted by atomic mass is 9.78. The van der Waals surface area contributed by atoms with Gasteiger partial charge in [0.2, 0.25) is 0 Å². The Kier molecular flexibility index (Phi) is 4.94. The topological polar surface area (TPSA) is 58.5 Å². The van der Waals surface area contributed by atoms with E-state index in [-0.39, 0.29) is 12.2 Å². The van der Waals surface area contributed by atoms with Crippen LogP contribution in [-0.2, 0) is 13.1 Å². The van der Waals surface area contributed by atoms with E-state index < -0.39 is 0 Å². The minimum atomic E-state index is -0.172. The quantitative estimate of drug-likeness (QED) is 0.735. The molecule has 1 aromatic heterocycles. The lowest BCUT2D eigenvalue weighted by Gasteiger charge is -2.41. The highest BCUT2D eigenvalue weighted by Crippen LogP contribution is 2.40. The van der Waals surface area contributed by atoms with Crippen LogP contribution in [0.1, 0.15) is 36.8 Å². The number of ether oxygens (including phenoxy) is 1. The van der Waals surface area contributed by atoms with Crippen LogP contribution in [0.3, 0.4) is 0 Å². The molecule has 2 heterocycles. The van der Waals surface area contributed by atoms with Crippen molar-refractivity contribution in [2.45, 2.75) is 44.4 Å². The van der Waals surface area contributed by atoms with Crippen LogP contribution in [0.2, 0.25) is 0 Å². The third-order valence-electron chi connectivity index (χ3n) is 6.42. The molecule has 2 aliphatic rings. The maximum Gasteiger partial charge on any atom is 0.124 e. The number of hydrogen-bond donors (Lipinski definition) is 1. The number of nitrogens with zero attached hydrogens (tertiary/aromatic N) is 3. The molecule has 0 unspecified atom stereocenters. The number of benzene rings is 2. The molecule has 0 saturated heterocycles. The second kappa shape index (κ2) is 7.73. The van der Waals surface area contributed by atoms with Crippen LogP contribution in [0.25, 0.3) is 11.0 Å². The molecule has 0 radical (unpaired) electrons. The standard InChI is InChI=1S/C24H27N3O2/c28-16-18-7-9-24(10-8-18)17-27(15-20-3-1-2-4-23(20)29-24)14-19-5-6-21-22(13-19)26-12-11-25-21/h1-6,11-13,18,28H,7-10,14-17H2. The Morgan fingerprint density at radius 2 is 1.83 bits per heavy atom. The summed E-state index contributed by atoms with van der Waals surface area (Å²) in [5.74, 6) is 1.43. The summed E-state index contributed by atoms with van der Waals surface area (Å²) in [6.45, 7) is 2.92. The van der Waals surface area contributed by atoms with E-state index >= 15 is 0 Å². The zero-order valence-electron chi connectivity index (χ0n) is 16.6. The van der Waals surface area contributed by atoms with Crippen LogP contribution < -0.4 is 4.74 Å². The van der Waals surface area contributed by atoms with Gasteiger partial charge in [-0.05, 0) is 55.4 Å². The molecule has 5 rings (SSSR count). The Labute approximate surface area is 171 Å². The van der Waals surface area contributed by atoms with Crippen molar-refractivity contribution in [2.75, 3.05) is 13.2 Å². The van der Waals surface area contributed by atoms with Crippen LogP contribution in [0.4, 0.5) is 0 Å². The molecule has 5 nitrogen and oxygen atoms in total. The first-order valence-corrected chi connectivity index (χ1v) is 10.5. The van der Waals surface area contributed by atoms with Gasteiger partial charge in [-0.3, -0.25) is 14.9 Å². The van der Waals surface area contributed by atoms with Gasteiger partial charge in [0, 0.05) is 44.2 Å². The first-order chi connectivity index (χ1) is 14.2. The molecular formula is C24H27N3O2. The first-order valence-electron chi connectivity index (χ1n) is 10.5. The second-order valence-corrected chi connectivity index (χ2v) is 8.54. The van der Waals surface area contributed by atoms with E-state index in [9.17, 15) is 5.11 Å². The van der Waals surface area contributed by atoms with Gasteiger partial charge in [0.05, 0.1) is 11.0 Å². The molecule has 1 aliphatic carbocycles. The minimum absolute atomic E-state index is 0.172. The number of para-hydroxylation sites is 1. The van der Waals surface area contributed by atoms with Crippen molar-refractivity contribution in [3.8, 4) is 5.75 Å². The van der Waals surface area contributed by atoms with Crippen LogP contribution in [-0.4, -0.2) is 38.7 Å². The Hall–Kier alpha value is -2.50. The van der Waals surface area contributed by atoms with Gasteiger partial charge in [0.15, 0.2) is 0 Å². The second-order valence-electron chi connectivity index (χ2n) is 8.54. The van der Waals surface area contributed by atoms with Gasteiger partial charge in [-0.15, -0.1) is 0 Å². The van der Waals surface area contributed by atoms with Crippen LogP contribution in [0.5, 0.6) is 5.75 Å². The van der Waals surface area contributed by atoms with Crippen molar-refractivity contribution in [3.05, 3.63) is 66.0 Å². The average molecular weight is 389 g/mol. The first kappa shape index (κ1) is 18.5. The fourth-order valence-corrected chi connectivity index (χ4v) is 4.83. The van der Waals surface area contributed by atoms with E-state index in [2.05, 4.69) is 57.3 Å². The summed E-state index contributed by atoms with van der Waals surface area (Å²) in [5, 5.41) is 9.56. The Morgan fingerprint density at radius 1 is 1.03 bits per heavy atom. The number of rotatable bonds is 3. The summed E-state index contributed by atoms with van der Waals surface area (Å²) >= 11 is 0. The highest BCUT2D eigenvalue weighted by molar-refractivity contribution is 5.74. The van der Waals surface area contributed by atoms with E-state index in [1.54, 1.807) is 12.4 Å². The Morgan fingerprint density at radius 3 is 2.66 bits per heavy atom. The molecule has 0 amide bonds. The van der Waals surface area contributed by atoms with Gasteiger partial charge in [-0.25, -0.2) is 0 Å². The summed E-state index contributed by atoms with van der Waals surface area (Å²) in [4.78, 5) is 11.3. The van der Waals surface area contributed by atoms with Gasteiger partial charge in [-0.1, -0.05) is 24.3 Å². The highest BCUT2D eigenvalue weighted by atomic mass is 16.5. The average Bonchev–Trinajstić information content (AvgIpc) is 2.90. The van der Waals surface area contributed by atoms with Crippen molar-refractivity contribution in [1.29, 1.82) is 0 Å². The molecule has 0 bridgehead atoms. The van der Waals surface area contributed by atoms with Crippen LogP contribution in [0.15, 0.2) is 54.9 Å². The third kappa shape index (κ3) is 3.85. The van der Waals surface area contributed by atoms with Gasteiger partial charge in [-0.2, -0.15) is 0 Å². The Balaban J connectivity index is 1.43. The molecule has 1 saturated carbocycles. The van der Waals surface area contributed by atoms with Crippen molar-refractivity contribution in [3.63, 3.8) is 0 Å². The van der Waals surface area contributed by atoms with Gasteiger partial charge in [0.25, 0.3) is 0 Å². The fourth-order valence-electron chi connectivity index (χ4n) is 4.83. The summed E-state index contributed by atoms with van der Waals surface area (Å²) in [6.07, 6.45) is 7.52. The van der Waals surface area contributed by atoms with Gasteiger partial charge in [0.1, 0.15) is 11.4 Å². The largest absolute Gasteiger partial charge is 0.486 e. The number of aliphatic hydroxyl groups excluding tert-OH is 1. The zero-order valence-corrected chi connectivity index (χ0v) is 16.6. The summed E-state index contributed by atoms with van der Waals surface area (Å²) in [5.41, 5.74) is 4.19. The molecule has 1 spiro atoms. The highest BCUT2D eigenvalue weighted by Gasteiger charge is 2.40. The molecule has 3 aromatic rings. The fraction of sp³-hybridized carbons (Fsp3) is 0.417. The van der Waals surface area contributed by atoms with Crippen molar-refractivity contribution >= 4 is 11.0 Å². The number of fused-ring (bicyclic) bond motifs is 2. The van der Waals surface area contributed by atoms with E-state index in [0.29, 0.717) is 5.92 Å². The predicted molar refractivity (Wildman–Crippen MR) is 112 cm³/mol. The monoisotopic (exact) mass is 389 g/mol. The van der Waals surface area contributed by atoms with E-state index in [4.69, 9.17) is 4.74 Å². The summed E-state index contributed by atoms with van der Waals surface area (Å²) in [6, 6.07) is 14.8. The predicted octanol–water partition coefficient (Wildman–Crippen LogP) is 3.95. The van der Waals surface area contributed by atoms with E-state index in [1.807, 2.05) is 0 Å². The maximum atomic E-state index is 9.56. The van der Waals surface area contributed by atoms with Crippen LogP contribution in [0, 0.1) is 5.92 Å². The van der Waals surface area contributed by atoms with Crippen molar-refractivity contribution < 1.29 is 9.84 Å². The smallest absolute Gasteiger partial charge is 0.124 e. The lowest BCUT2D eigenvalue weighted by Crippen LogP contribution is -2.48. The lowest BCUT2D eigenvalue weighted by molar-refractivity contribution is -0.0154. The SMILES string of the molecule is OCC1CCC2(CC1)CN(Cc1ccc3nccnc3c1)Cc1ccccc1O2. The summed E-state index contributed by atoms with van der Waals surface area (Å²) < 4.78 is 6.67. The normalized spacial score (nSPS) is 24.8. The van der Waals surface area contributed by atoms with Gasteiger partial charge < -0.3 is 9.84 Å². The maximum absolute atomic E-state index is 9.56. The molecule has 5 heteroatoms. The third-order valence-corrected chi connectivity index (χ3v) is 6.42. The van der Waals surface area contributed by atoms with E-state index in [1.165, 1.54) is 11.1 Å². The number of hydrogen-bond acceptors (Lipinski definition) is 5. The Bertz CT molecular complexity index is 998. The molecule has 29 heavy (non-hydrogen) atoms. The molecule has 1 N–H and O–H groups in total. The minimum Gasteiger partial charge on any atom is -0.486 e. The van der Waals surface area contributed by atoms with Crippen molar-refractivity contribution in [2.24, 2.45) is 5.92 Å². The van der Waals surface area contributed by atoms with Gasteiger partial charge >= 0.3 is 0 Å². The number of aromatic nitrogens is 2. The molecule has 0 atom stereocenters.